The average molecular weight is 232 g/mol. The van der Waals surface area contributed by atoms with Gasteiger partial charge in [0.25, 0.3) is 0 Å². The molecule has 0 atom stereocenters. The largest absolute Gasteiger partial charge is 0.0683 e. The van der Waals surface area contributed by atoms with Gasteiger partial charge in [0.05, 0.1) is 0 Å². The topological polar surface area (TPSA) is 0 Å². The number of hydrogen-bond donors (Lipinski definition) is 0. The van der Waals surface area contributed by atoms with E-state index in [1.807, 2.05) is 13.8 Å². The van der Waals surface area contributed by atoms with Crippen molar-refractivity contribution in [3.05, 3.63) is 35.4 Å². The molecule has 0 heteroatoms. The molecule has 0 unspecified atom stereocenters. The van der Waals surface area contributed by atoms with Crippen molar-refractivity contribution in [1.29, 1.82) is 0 Å². The van der Waals surface area contributed by atoms with E-state index in [9.17, 15) is 0 Å². The first-order valence-corrected chi connectivity index (χ1v) is 7.43. The molecule has 1 fully saturated rings. The van der Waals surface area contributed by atoms with Crippen molar-refractivity contribution < 1.29 is 0 Å². The second-order valence-electron chi connectivity index (χ2n) is 4.95. The number of rotatable bonds is 1. The standard InChI is InChI=1S/C15H22.C2H6/c1-13-9-11-15(12-10-13)14-7-5-3-2-4-6-8-14;1-2/h9-12,14H,2-8H2,1H3;1-2H3. The highest BCUT2D eigenvalue weighted by molar-refractivity contribution is 5.24. The van der Waals surface area contributed by atoms with Crippen molar-refractivity contribution in [2.75, 3.05) is 0 Å². The maximum absolute atomic E-state index is 2.33. The lowest BCUT2D eigenvalue weighted by Crippen LogP contribution is -2.02. The molecule has 96 valence electrons. The van der Waals surface area contributed by atoms with E-state index in [2.05, 4.69) is 31.2 Å². The van der Waals surface area contributed by atoms with Gasteiger partial charge in [-0.1, -0.05) is 75.8 Å². The first kappa shape index (κ1) is 14.3. The van der Waals surface area contributed by atoms with Crippen LogP contribution in [0.2, 0.25) is 0 Å². The Morgan fingerprint density at radius 1 is 0.765 bits per heavy atom. The highest BCUT2D eigenvalue weighted by Crippen LogP contribution is 2.30. The molecule has 0 N–H and O–H groups in total. The maximum Gasteiger partial charge on any atom is -0.0162 e. The van der Waals surface area contributed by atoms with Gasteiger partial charge in [-0.05, 0) is 31.2 Å². The van der Waals surface area contributed by atoms with Gasteiger partial charge in [-0.2, -0.15) is 0 Å². The summed E-state index contributed by atoms with van der Waals surface area (Å²) < 4.78 is 0. The number of aryl methyl sites for hydroxylation is 1. The Labute approximate surface area is 107 Å². The lowest BCUT2D eigenvalue weighted by atomic mass is 9.86. The van der Waals surface area contributed by atoms with Crippen LogP contribution >= 0.6 is 0 Å². The molecule has 1 saturated carbocycles. The normalized spacial score (nSPS) is 17.6. The summed E-state index contributed by atoms with van der Waals surface area (Å²) in [6.45, 7) is 6.17. The van der Waals surface area contributed by atoms with Gasteiger partial charge in [-0.15, -0.1) is 0 Å². The van der Waals surface area contributed by atoms with Crippen LogP contribution in [0.4, 0.5) is 0 Å². The van der Waals surface area contributed by atoms with Gasteiger partial charge < -0.3 is 0 Å². The molecule has 0 saturated heterocycles. The van der Waals surface area contributed by atoms with Crippen LogP contribution < -0.4 is 0 Å². The fourth-order valence-electron chi connectivity index (χ4n) is 2.63. The van der Waals surface area contributed by atoms with E-state index in [4.69, 9.17) is 0 Å². The fourth-order valence-corrected chi connectivity index (χ4v) is 2.63. The molecule has 0 heterocycles. The third kappa shape index (κ3) is 4.93. The molecule has 0 nitrogen and oxygen atoms in total. The zero-order valence-corrected chi connectivity index (χ0v) is 11.8. The summed E-state index contributed by atoms with van der Waals surface area (Å²) in [4.78, 5) is 0. The van der Waals surface area contributed by atoms with Gasteiger partial charge in [0.15, 0.2) is 0 Å². The Hall–Kier alpha value is -0.780. The van der Waals surface area contributed by atoms with Crippen molar-refractivity contribution in [3.63, 3.8) is 0 Å². The molecule has 0 amide bonds. The SMILES string of the molecule is CC.Cc1ccc(C2CCCCCCC2)cc1. The number of hydrogen-bond acceptors (Lipinski definition) is 0. The Bertz CT molecular complexity index is 275. The predicted molar refractivity (Wildman–Crippen MR) is 77.6 cm³/mol. The molecule has 2 rings (SSSR count). The quantitative estimate of drug-likeness (QED) is 0.570. The van der Waals surface area contributed by atoms with E-state index in [1.165, 1.54) is 50.5 Å². The zero-order chi connectivity index (χ0) is 12.5. The third-order valence-corrected chi connectivity index (χ3v) is 3.65. The molecule has 0 radical (unpaired) electrons. The lowest BCUT2D eigenvalue weighted by Gasteiger charge is -2.20. The van der Waals surface area contributed by atoms with E-state index < -0.39 is 0 Å². The zero-order valence-electron chi connectivity index (χ0n) is 11.8. The Balaban J connectivity index is 0.000000686. The summed E-state index contributed by atoms with van der Waals surface area (Å²) in [6, 6.07) is 9.19. The first-order valence-electron chi connectivity index (χ1n) is 7.43. The summed E-state index contributed by atoms with van der Waals surface area (Å²) in [5.74, 6) is 0.839. The molecule has 1 aliphatic rings. The minimum absolute atomic E-state index is 0.839. The molecule has 17 heavy (non-hydrogen) atoms. The van der Waals surface area contributed by atoms with Crippen LogP contribution in [0.1, 0.15) is 75.8 Å². The highest BCUT2D eigenvalue weighted by Gasteiger charge is 2.12. The van der Waals surface area contributed by atoms with Gasteiger partial charge in [0.2, 0.25) is 0 Å². The van der Waals surface area contributed by atoms with Crippen molar-refractivity contribution in [1.82, 2.24) is 0 Å². The second kappa shape index (κ2) is 8.33. The summed E-state index contributed by atoms with van der Waals surface area (Å²) in [7, 11) is 0. The monoisotopic (exact) mass is 232 g/mol. The van der Waals surface area contributed by atoms with Crippen LogP contribution in [-0.2, 0) is 0 Å². The maximum atomic E-state index is 2.33. The van der Waals surface area contributed by atoms with Crippen LogP contribution in [0.3, 0.4) is 0 Å². The van der Waals surface area contributed by atoms with Crippen molar-refractivity contribution in [2.24, 2.45) is 0 Å². The molecular formula is C17H28. The van der Waals surface area contributed by atoms with E-state index in [0.29, 0.717) is 0 Å². The summed E-state index contributed by atoms with van der Waals surface area (Å²) >= 11 is 0. The summed E-state index contributed by atoms with van der Waals surface area (Å²) in [5, 5.41) is 0. The van der Waals surface area contributed by atoms with Crippen LogP contribution in [-0.4, -0.2) is 0 Å². The predicted octanol–water partition coefficient (Wildman–Crippen LogP) is 5.85. The van der Waals surface area contributed by atoms with Gasteiger partial charge in [-0.25, -0.2) is 0 Å². The minimum atomic E-state index is 0.839. The summed E-state index contributed by atoms with van der Waals surface area (Å²) in [5.41, 5.74) is 2.95. The molecular weight excluding hydrogens is 204 g/mol. The third-order valence-electron chi connectivity index (χ3n) is 3.65. The van der Waals surface area contributed by atoms with Gasteiger partial charge in [0.1, 0.15) is 0 Å². The van der Waals surface area contributed by atoms with E-state index in [1.54, 1.807) is 5.56 Å². The van der Waals surface area contributed by atoms with E-state index in [0.717, 1.165) is 5.92 Å². The Morgan fingerprint density at radius 2 is 1.24 bits per heavy atom. The molecule has 0 spiro atoms. The molecule has 0 aliphatic heterocycles. The van der Waals surface area contributed by atoms with Crippen molar-refractivity contribution in [2.45, 2.75) is 71.6 Å². The molecule has 1 aliphatic carbocycles. The van der Waals surface area contributed by atoms with Crippen LogP contribution in [0.15, 0.2) is 24.3 Å². The van der Waals surface area contributed by atoms with Crippen LogP contribution in [0.25, 0.3) is 0 Å². The van der Waals surface area contributed by atoms with Crippen LogP contribution in [0, 0.1) is 6.92 Å². The van der Waals surface area contributed by atoms with Gasteiger partial charge >= 0.3 is 0 Å². The fraction of sp³-hybridized carbons (Fsp3) is 0.647. The Kier molecular flexibility index (Phi) is 7.00. The van der Waals surface area contributed by atoms with Crippen molar-refractivity contribution >= 4 is 0 Å². The van der Waals surface area contributed by atoms with E-state index >= 15 is 0 Å². The molecule has 1 aromatic carbocycles. The lowest BCUT2D eigenvalue weighted by molar-refractivity contribution is 0.455. The summed E-state index contributed by atoms with van der Waals surface area (Å²) in [6.07, 6.45) is 10.0. The van der Waals surface area contributed by atoms with Gasteiger partial charge in [-0.3, -0.25) is 0 Å². The van der Waals surface area contributed by atoms with Crippen LogP contribution in [0.5, 0.6) is 0 Å². The first-order chi connectivity index (χ1) is 8.36. The number of benzene rings is 1. The molecule has 1 aromatic rings. The smallest absolute Gasteiger partial charge is 0.0162 e. The van der Waals surface area contributed by atoms with E-state index in [-0.39, 0.29) is 0 Å². The average Bonchev–Trinajstić information content (AvgIpc) is 2.33. The molecule has 0 aromatic heterocycles. The highest BCUT2D eigenvalue weighted by atomic mass is 14.2. The molecule has 0 bridgehead atoms. The minimum Gasteiger partial charge on any atom is -0.0683 e. The Morgan fingerprint density at radius 3 is 1.76 bits per heavy atom. The second-order valence-corrected chi connectivity index (χ2v) is 4.95. The van der Waals surface area contributed by atoms with Crippen molar-refractivity contribution in [3.8, 4) is 0 Å². The van der Waals surface area contributed by atoms with Gasteiger partial charge in [0, 0.05) is 0 Å².